The van der Waals surface area contributed by atoms with E-state index in [1.165, 1.54) is 30.5 Å². The molecule has 1 fully saturated rings. The number of Topliss-reactive ketones (excluding diaryl/α,β-unsaturated/α-hetero) is 1. The van der Waals surface area contributed by atoms with Gasteiger partial charge in [-0.2, -0.15) is 13.2 Å². The summed E-state index contributed by atoms with van der Waals surface area (Å²) in [5, 5.41) is 11.1. The van der Waals surface area contributed by atoms with Crippen LogP contribution in [0, 0.1) is 0 Å². The number of aliphatic hydroxyl groups excluding tert-OH is 1. The van der Waals surface area contributed by atoms with Crippen molar-refractivity contribution in [2.24, 2.45) is 0 Å². The number of carbonyl (C=O) groups is 2. The fourth-order valence-electron chi connectivity index (χ4n) is 3.97. The topological polar surface area (TPSA) is 89.2 Å². The zero-order chi connectivity index (χ0) is 24.0. The molecule has 3 heterocycles. The Balaban J connectivity index is 1.63. The molecule has 0 saturated carbocycles. The number of rotatable bonds is 3. The van der Waals surface area contributed by atoms with Gasteiger partial charge in [-0.15, -0.1) is 0 Å². The number of amides is 1. The Morgan fingerprint density at radius 3 is 2.32 bits per heavy atom. The number of nitrogens with zero attached hydrogens (tertiary/aromatic N) is 1. The Morgan fingerprint density at radius 1 is 0.971 bits per heavy atom. The van der Waals surface area contributed by atoms with Crippen LogP contribution in [0.2, 0.25) is 0 Å². The first-order valence-electron chi connectivity index (χ1n) is 10.2. The molecule has 1 N–H and O–H groups in total. The minimum Gasteiger partial charge on any atom is -0.507 e. The highest BCUT2D eigenvalue weighted by Crippen LogP contribution is 2.44. The van der Waals surface area contributed by atoms with E-state index in [0.717, 1.165) is 29.2 Å². The van der Waals surface area contributed by atoms with E-state index in [0.29, 0.717) is 24.7 Å². The maximum Gasteiger partial charge on any atom is 0.416 e. The number of hydrogen-bond acceptors (Lipinski definition) is 6. The lowest BCUT2D eigenvalue weighted by molar-refractivity contribution is -0.137. The summed E-state index contributed by atoms with van der Waals surface area (Å²) in [6.45, 7) is 0.678. The Bertz CT molecular complexity index is 1300. The van der Waals surface area contributed by atoms with Gasteiger partial charge in [0.25, 0.3) is 11.7 Å². The summed E-state index contributed by atoms with van der Waals surface area (Å²) in [5.74, 6) is -1.52. The lowest BCUT2D eigenvalue weighted by Gasteiger charge is -2.24. The van der Waals surface area contributed by atoms with E-state index in [1.807, 2.05) is 0 Å². The summed E-state index contributed by atoms with van der Waals surface area (Å²) in [6.07, 6.45) is -3.24. The molecule has 7 nitrogen and oxygen atoms in total. The van der Waals surface area contributed by atoms with Crippen molar-refractivity contribution in [1.82, 2.24) is 0 Å². The number of anilines is 1. The zero-order valence-electron chi connectivity index (χ0n) is 17.3. The van der Waals surface area contributed by atoms with Crippen LogP contribution in [0.15, 0.2) is 70.9 Å². The molecular weight excluding hydrogens is 455 g/mol. The van der Waals surface area contributed by atoms with Crippen LogP contribution in [0.5, 0.6) is 11.5 Å². The predicted octanol–water partition coefficient (Wildman–Crippen LogP) is 4.70. The summed E-state index contributed by atoms with van der Waals surface area (Å²) in [5.41, 5.74) is -0.931. The van der Waals surface area contributed by atoms with Crippen LogP contribution in [0.4, 0.5) is 18.9 Å². The average molecular weight is 471 g/mol. The molecule has 34 heavy (non-hydrogen) atoms. The van der Waals surface area contributed by atoms with Crippen LogP contribution in [-0.2, 0) is 15.8 Å². The van der Waals surface area contributed by atoms with Gasteiger partial charge in [-0.05, 0) is 54.6 Å². The third kappa shape index (κ3) is 3.57. The van der Waals surface area contributed by atoms with Gasteiger partial charge in [-0.25, -0.2) is 0 Å². The van der Waals surface area contributed by atoms with Gasteiger partial charge in [0.15, 0.2) is 11.5 Å². The van der Waals surface area contributed by atoms with Crippen LogP contribution in [0.1, 0.15) is 22.9 Å². The summed E-state index contributed by atoms with van der Waals surface area (Å²) < 4.78 is 55.4. The molecule has 0 bridgehead atoms. The molecule has 0 radical (unpaired) electrons. The highest BCUT2D eigenvalue weighted by Gasteiger charge is 2.48. The first-order valence-corrected chi connectivity index (χ1v) is 10.2. The molecule has 2 aliphatic heterocycles. The van der Waals surface area contributed by atoms with Crippen molar-refractivity contribution >= 4 is 23.1 Å². The number of hydrogen-bond donors (Lipinski definition) is 1. The van der Waals surface area contributed by atoms with Crippen molar-refractivity contribution in [1.29, 1.82) is 0 Å². The number of benzene rings is 2. The predicted molar refractivity (Wildman–Crippen MR) is 112 cm³/mol. The summed E-state index contributed by atoms with van der Waals surface area (Å²) >= 11 is 0. The van der Waals surface area contributed by atoms with Crippen molar-refractivity contribution in [3.8, 4) is 11.5 Å². The van der Waals surface area contributed by atoms with Crippen molar-refractivity contribution in [3.63, 3.8) is 0 Å². The molecule has 10 heteroatoms. The quantitative estimate of drug-likeness (QED) is 0.339. The van der Waals surface area contributed by atoms with Gasteiger partial charge in [0.1, 0.15) is 30.8 Å². The second-order valence-corrected chi connectivity index (χ2v) is 7.59. The van der Waals surface area contributed by atoms with Crippen molar-refractivity contribution in [3.05, 3.63) is 83.3 Å². The third-order valence-electron chi connectivity index (χ3n) is 5.55. The van der Waals surface area contributed by atoms with Gasteiger partial charge in [0, 0.05) is 11.3 Å². The molecule has 1 unspecified atom stereocenters. The molecule has 1 atom stereocenters. The molecular formula is C24H16F3NO6. The molecule has 3 aromatic rings. The maximum atomic E-state index is 13.0. The molecule has 1 amide bonds. The van der Waals surface area contributed by atoms with Gasteiger partial charge in [-0.3, -0.25) is 14.5 Å². The standard InChI is InChI=1S/C24H16F3NO6/c25-24(26,27)14-4-6-15(7-5-14)28-20(17-2-1-9-32-17)19(22(30)23(28)31)21(29)13-3-8-16-18(12-13)34-11-10-33-16/h1-9,12,20,29H,10-11H2/b21-19-. The van der Waals surface area contributed by atoms with Gasteiger partial charge >= 0.3 is 6.18 Å². The van der Waals surface area contributed by atoms with Gasteiger partial charge in [0.2, 0.25) is 0 Å². The summed E-state index contributed by atoms with van der Waals surface area (Å²) in [7, 11) is 0. The number of aliphatic hydroxyl groups is 1. The Morgan fingerprint density at radius 2 is 1.68 bits per heavy atom. The molecule has 5 rings (SSSR count). The number of fused-ring (bicyclic) bond motifs is 1. The number of furan rings is 1. The number of halogens is 3. The lowest BCUT2D eigenvalue weighted by atomic mass is 9.98. The number of ketones is 1. The molecule has 174 valence electrons. The molecule has 2 aliphatic rings. The first-order chi connectivity index (χ1) is 16.3. The highest BCUT2D eigenvalue weighted by atomic mass is 19.4. The number of alkyl halides is 3. The van der Waals surface area contributed by atoms with Crippen molar-refractivity contribution < 1.29 is 41.8 Å². The SMILES string of the molecule is O=C1C(=O)N(c2ccc(C(F)(F)F)cc2)C(c2ccco2)/C1=C(/O)c1ccc2c(c1)OCCO2. The van der Waals surface area contributed by atoms with E-state index in [2.05, 4.69) is 0 Å². The van der Waals surface area contributed by atoms with Crippen LogP contribution in [-0.4, -0.2) is 30.0 Å². The van der Waals surface area contributed by atoms with Gasteiger partial charge in [-0.1, -0.05) is 0 Å². The normalized spacial score (nSPS) is 19.5. The summed E-state index contributed by atoms with van der Waals surface area (Å²) in [4.78, 5) is 27.0. The minimum absolute atomic E-state index is 0.0396. The van der Waals surface area contributed by atoms with E-state index < -0.39 is 35.2 Å². The van der Waals surface area contributed by atoms with E-state index in [-0.39, 0.29) is 22.6 Å². The number of carbonyl (C=O) groups excluding carboxylic acids is 2. The van der Waals surface area contributed by atoms with Crippen LogP contribution < -0.4 is 14.4 Å². The van der Waals surface area contributed by atoms with Gasteiger partial charge in [0.05, 0.1) is 17.4 Å². The Labute approximate surface area is 190 Å². The largest absolute Gasteiger partial charge is 0.507 e. The molecule has 0 aliphatic carbocycles. The molecule has 1 saturated heterocycles. The van der Waals surface area contributed by atoms with E-state index in [9.17, 15) is 27.9 Å². The maximum absolute atomic E-state index is 13.0. The minimum atomic E-state index is -4.56. The fourth-order valence-corrected chi connectivity index (χ4v) is 3.97. The molecule has 1 aromatic heterocycles. The lowest BCUT2D eigenvalue weighted by Crippen LogP contribution is -2.29. The van der Waals surface area contributed by atoms with Gasteiger partial charge < -0.3 is 19.0 Å². The number of ether oxygens (including phenoxy) is 2. The van der Waals surface area contributed by atoms with Crippen molar-refractivity contribution in [2.45, 2.75) is 12.2 Å². The van der Waals surface area contributed by atoms with E-state index in [1.54, 1.807) is 6.07 Å². The second kappa shape index (κ2) is 7.98. The van der Waals surface area contributed by atoms with E-state index >= 15 is 0 Å². The molecule has 0 spiro atoms. The Kier molecular flexibility index (Phi) is 5.07. The van der Waals surface area contributed by atoms with Crippen LogP contribution in [0.25, 0.3) is 5.76 Å². The zero-order valence-corrected chi connectivity index (χ0v) is 17.3. The second-order valence-electron chi connectivity index (χ2n) is 7.59. The smallest absolute Gasteiger partial charge is 0.416 e. The highest BCUT2D eigenvalue weighted by molar-refractivity contribution is 6.51. The Hall–Kier alpha value is -4.21. The van der Waals surface area contributed by atoms with Crippen molar-refractivity contribution in [2.75, 3.05) is 18.1 Å². The first kappa shape index (κ1) is 21.6. The third-order valence-corrected chi connectivity index (χ3v) is 5.55. The van der Waals surface area contributed by atoms with Crippen LogP contribution in [0.3, 0.4) is 0 Å². The van der Waals surface area contributed by atoms with Crippen LogP contribution >= 0.6 is 0 Å². The average Bonchev–Trinajstić information content (AvgIpc) is 3.45. The summed E-state index contributed by atoms with van der Waals surface area (Å²) in [6, 6.07) is 10.2. The monoisotopic (exact) mass is 471 g/mol. The van der Waals surface area contributed by atoms with E-state index in [4.69, 9.17) is 13.9 Å². The fraction of sp³-hybridized carbons (Fsp3) is 0.167. The molecule has 2 aromatic carbocycles.